The highest BCUT2D eigenvalue weighted by atomic mass is 35.5. The maximum atomic E-state index is 12.3. The molecule has 1 aromatic carbocycles. The molecule has 0 amide bonds. The summed E-state index contributed by atoms with van der Waals surface area (Å²) in [5, 5.41) is 3.74. The number of halogens is 1. The molecule has 0 aromatic heterocycles. The number of benzene rings is 1. The van der Waals surface area contributed by atoms with E-state index in [0.29, 0.717) is 11.6 Å². The Kier molecular flexibility index (Phi) is 5.74. The maximum Gasteiger partial charge on any atom is 0.240 e. The summed E-state index contributed by atoms with van der Waals surface area (Å²) < 4.78 is 27.4. The number of sulfonamides is 1. The lowest BCUT2D eigenvalue weighted by Gasteiger charge is -2.13. The van der Waals surface area contributed by atoms with Crippen LogP contribution in [0.1, 0.15) is 18.9 Å². The third-order valence-electron chi connectivity index (χ3n) is 3.14. The van der Waals surface area contributed by atoms with Gasteiger partial charge in [-0.2, -0.15) is 11.8 Å². The van der Waals surface area contributed by atoms with Gasteiger partial charge in [0.2, 0.25) is 10.0 Å². The van der Waals surface area contributed by atoms with E-state index in [0.717, 1.165) is 30.0 Å². The van der Waals surface area contributed by atoms with Gasteiger partial charge in [-0.3, -0.25) is 0 Å². The van der Waals surface area contributed by atoms with Gasteiger partial charge in [-0.1, -0.05) is 18.5 Å². The van der Waals surface area contributed by atoms with Gasteiger partial charge in [-0.05, 0) is 42.5 Å². The molecule has 1 fully saturated rings. The number of thioether (sulfide) groups is 1. The van der Waals surface area contributed by atoms with Crippen LogP contribution in [-0.2, 0) is 16.6 Å². The molecule has 0 aliphatic carbocycles. The molecule has 4 nitrogen and oxygen atoms in total. The lowest BCUT2D eigenvalue weighted by Crippen LogP contribution is -2.34. The number of hydrogen-bond acceptors (Lipinski definition) is 4. The van der Waals surface area contributed by atoms with Crippen molar-refractivity contribution in [1.82, 2.24) is 10.0 Å². The third-order valence-corrected chi connectivity index (χ3v) is 6.19. The molecule has 0 saturated carbocycles. The average molecular weight is 335 g/mol. The van der Waals surface area contributed by atoms with Crippen LogP contribution in [0, 0.1) is 0 Å². The van der Waals surface area contributed by atoms with Crippen molar-refractivity contribution in [3.63, 3.8) is 0 Å². The normalized spacial score (nSPS) is 19.4. The van der Waals surface area contributed by atoms with E-state index in [-0.39, 0.29) is 10.9 Å². The lowest BCUT2D eigenvalue weighted by atomic mass is 10.2. The van der Waals surface area contributed by atoms with Crippen molar-refractivity contribution in [2.24, 2.45) is 0 Å². The fourth-order valence-corrected chi connectivity index (χ4v) is 4.79. The van der Waals surface area contributed by atoms with Gasteiger partial charge in [0, 0.05) is 23.4 Å². The lowest BCUT2D eigenvalue weighted by molar-refractivity contribution is 0.563. The zero-order valence-corrected chi connectivity index (χ0v) is 13.7. The molecule has 0 radical (unpaired) electrons. The molecule has 0 spiro atoms. The van der Waals surface area contributed by atoms with Crippen LogP contribution >= 0.6 is 23.4 Å². The minimum absolute atomic E-state index is 0.0397. The fraction of sp³-hybridized carbons (Fsp3) is 0.538. The molecule has 1 atom stereocenters. The summed E-state index contributed by atoms with van der Waals surface area (Å²) in [6, 6.07) is 4.89. The summed E-state index contributed by atoms with van der Waals surface area (Å²) in [6.07, 6.45) is 0.891. The summed E-state index contributed by atoms with van der Waals surface area (Å²) in [6.45, 7) is 3.37. The molecule has 1 heterocycles. The first-order chi connectivity index (χ1) is 9.53. The first-order valence-electron chi connectivity index (χ1n) is 6.62. The standard InChI is InChI=1S/C13H19ClN2O2S2/c1-2-15-8-10-7-12(3-4-13(10)14)20(17,18)16-11-5-6-19-9-11/h3-4,7,11,15-16H,2,5-6,8-9H2,1H3. The van der Waals surface area contributed by atoms with Gasteiger partial charge in [0.1, 0.15) is 0 Å². The van der Waals surface area contributed by atoms with Gasteiger partial charge in [0.25, 0.3) is 0 Å². The highest BCUT2D eigenvalue weighted by Gasteiger charge is 2.23. The second-order valence-corrected chi connectivity index (χ2v) is 7.99. The second kappa shape index (κ2) is 7.13. The Labute approximate surface area is 129 Å². The van der Waals surface area contributed by atoms with Crippen molar-refractivity contribution in [3.05, 3.63) is 28.8 Å². The molecular weight excluding hydrogens is 316 g/mol. The van der Waals surface area contributed by atoms with Crippen LogP contribution in [0.25, 0.3) is 0 Å². The molecule has 2 N–H and O–H groups in total. The summed E-state index contributed by atoms with van der Waals surface area (Å²) in [7, 11) is -3.46. The Morgan fingerprint density at radius 1 is 1.45 bits per heavy atom. The van der Waals surface area contributed by atoms with Crippen LogP contribution in [0.3, 0.4) is 0 Å². The summed E-state index contributed by atoms with van der Waals surface area (Å²) in [4.78, 5) is 0.284. The summed E-state index contributed by atoms with van der Waals surface area (Å²) in [5.74, 6) is 1.86. The van der Waals surface area contributed by atoms with E-state index in [9.17, 15) is 8.42 Å². The topological polar surface area (TPSA) is 58.2 Å². The van der Waals surface area contributed by atoms with E-state index in [2.05, 4.69) is 10.0 Å². The van der Waals surface area contributed by atoms with E-state index < -0.39 is 10.0 Å². The van der Waals surface area contributed by atoms with Crippen LogP contribution in [-0.4, -0.2) is 32.5 Å². The Balaban J connectivity index is 2.17. The largest absolute Gasteiger partial charge is 0.313 e. The molecule has 1 saturated heterocycles. The maximum absolute atomic E-state index is 12.3. The zero-order chi connectivity index (χ0) is 14.6. The highest BCUT2D eigenvalue weighted by Crippen LogP contribution is 2.23. The molecule has 1 aliphatic rings. The van der Waals surface area contributed by atoms with Crippen LogP contribution in [0.4, 0.5) is 0 Å². The minimum Gasteiger partial charge on any atom is -0.313 e. The van der Waals surface area contributed by atoms with Gasteiger partial charge in [-0.25, -0.2) is 13.1 Å². The van der Waals surface area contributed by atoms with Crippen molar-refractivity contribution in [2.75, 3.05) is 18.1 Å². The van der Waals surface area contributed by atoms with E-state index in [1.165, 1.54) is 0 Å². The molecule has 0 bridgehead atoms. The van der Waals surface area contributed by atoms with Crippen LogP contribution < -0.4 is 10.0 Å². The SMILES string of the molecule is CCNCc1cc(S(=O)(=O)NC2CCSC2)ccc1Cl. The number of rotatable bonds is 6. The quantitative estimate of drug-likeness (QED) is 0.837. The Bertz CT molecular complexity index is 557. The minimum atomic E-state index is -3.46. The smallest absolute Gasteiger partial charge is 0.240 e. The first kappa shape index (κ1) is 16.1. The molecule has 2 rings (SSSR count). The van der Waals surface area contributed by atoms with Gasteiger partial charge in [0.15, 0.2) is 0 Å². The molecule has 1 unspecified atom stereocenters. The molecule has 20 heavy (non-hydrogen) atoms. The summed E-state index contributed by atoms with van der Waals surface area (Å²) >= 11 is 7.87. The molecule has 112 valence electrons. The second-order valence-electron chi connectivity index (χ2n) is 4.72. The van der Waals surface area contributed by atoms with Crippen molar-refractivity contribution >= 4 is 33.4 Å². The fourth-order valence-electron chi connectivity index (χ4n) is 2.03. The van der Waals surface area contributed by atoms with Crippen molar-refractivity contribution in [1.29, 1.82) is 0 Å². The number of nitrogens with one attached hydrogen (secondary N) is 2. The van der Waals surface area contributed by atoms with Crippen molar-refractivity contribution in [2.45, 2.75) is 30.8 Å². The molecule has 7 heteroatoms. The zero-order valence-electron chi connectivity index (χ0n) is 11.4. The monoisotopic (exact) mass is 334 g/mol. The Morgan fingerprint density at radius 2 is 2.25 bits per heavy atom. The highest BCUT2D eigenvalue weighted by molar-refractivity contribution is 7.99. The van der Waals surface area contributed by atoms with E-state index >= 15 is 0 Å². The summed E-state index contributed by atoms with van der Waals surface area (Å²) in [5.41, 5.74) is 0.803. The third kappa shape index (κ3) is 4.11. The Hall–Kier alpha value is -0.270. The van der Waals surface area contributed by atoms with Crippen LogP contribution in [0.15, 0.2) is 23.1 Å². The van der Waals surface area contributed by atoms with Gasteiger partial charge in [0.05, 0.1) is 4.90 Å². The van der Waals surface area contributed by atoms with Crippen LogP contribution in [0.2, 0.25) is 5.02 Å². The van der Waals surface area contributed by atoms with E-state index in [1.807, 2.05) is 6.92 Å². The Morgan fingerprint density at radius 3 is 2.90 bits per heavy atom. The van der Waals surface area contributed by atoms with Gasteiger partial charge >= 0.3 is 0 Å². The molecule has 1 aliphatic heterocycles. The first-order valence-corrected chi connectivity index (χ1v) is 9.63. The molecule has 1 aromatic rings. The molecular formula is C13H19ClN2O2S2. The van der Waals surface area contributed by atoms with Crippen LogP contribution in [0.5, 0.6) is 0 Å². The predicted octanol–water partition coefficient (Wildman–Crippen LogP) is 2.23. The average Bonchev–Trinajstić information content (AvgIpc) is 2.89. The van der Waals surface area contributed by atoms with Crippen molar-refractivity contribution in [3.8, 4) is 0 Å². The number of hydrogen-bond donors (Lipinski definition) is 2. The predicted molar refractivity (Wildman–Crippen MR) is 84.9 cm³/mol. The van der Waals surface area contributed by atoms with E-state index in [4.69, 9.17) is 11.6 Å². The van der Waals surface area contributed by atoms with E-state index in [1.54, 1.807) is 30.0 Å². The van der Waals surface area contributed by atoms with Gasteiger partial charge < -0.3 is 5.32 Å². The van der Waals surface area contributed by atoms with Gasteiger partial charge in [-0.15, -0.1) is 0 Å². The van der Waals surface area contributed by atoms with Crippen molar-refractivity contribution < 1.29 is 8.42 Å².